The Hall–Kier alpha value is -3.00. The number of aromatic nitrogens is 2. The number of hydrogen-bond donors (Lipinski definition) is 1. The summed E-state index contributed by atoms with van der Waals surface area (Å²) in [5, 5.41) is 16.1. The summed E-state index contributed by atoms with van der Waals surface area (Å²) in [5.74, 6) is 0.656. The van der Waals surface area contributed by atoms with E-state index >= 15 is 0 Å². The van der Waals surface area contributed by atoms with Gasteiger partial charge in [-0.25, -0.2) is 4.68 Å². The minimum absolute atomic E-state index is 0.118. The summed E-state index contributed by atoms with van der Waals surface area (Å²) in [6.45, 7) is 4.40. The molecule has 122 valence electrons. The first-order valence-electron chi connectivity index (χ1n) is 8.03. The standard InChI is InChI=1S/C19H20N4O/c1-3-13(2)23-18(21)17(11-20)19(22-23)24-12-15-9-6-8-14-7-4-5-10-16(14)15/h4-10,13H,3,12,21H2,1-2H3/t13-/m0/s1. The number of nitrogens with two attached hydrogens (primary N) is 1. The van der Waals surface area contributed by atoms with Crippen LogP contribution in [-0.4, -0.2) is 9.78 Å². The molecule has 5 heteroatoms. The van der Waals surface area contributed by atoms with E-state index in [4.69, 9.17) is 10.5 Å². The van der Waals surface area contributed by atoms with Crippen molar-refractivity contribution in [2.45, 2.75) is 32.9 Å². The third kappa shape index (κ3) is 2.79. The molecule has 1 aromatic heterocycles. The van der Waals surface area contributed by atoms with Gasteiger partial charge in [-0.05, 0) is 29.7 Å². The van der Waals surface area contributed by atoms with Gasteiger partial charge in [0.25, 0.3) is 5.88 Å². The van der Waals surface area contributed by atoms with Crippen LogP contribution in [0.15, 0.2) is 42.5 Å². The maximum atomic E-state index is 9.37. The van der Waals surface area contributed by atoms with Crippen LogP contribution in [0.25, 0.3) is 10.8 Å². The molecule has 3 rings (SSSR count). The van der Waals surface area contributed by atoms with Gasteiger partial charge in [-0.15, -0.1) is 5.10 Å². The van der Waals surface area contributed by atoms with Crippen molar-refractivity contribution in [2.24, 2.45) is 0 Å². The minimum Gasteiger partial charge on any atom is -0.471 e. The molecule has 0 aliphatic carbocycles. The van der Waals surface area contributed by atoms with Crippen LogP contribution < -0.4 is 10.5 Å². The second-order valence-electron chi connectivity index (χ2n) is 5.81. The van der Waals surface area contributed by atoms with Crippen molar-refractivity contribution in [1.29, 1.82) is 5.26 Å². The van der Waals surface area contributed by atoms with Gasteiger partial charge in [0.15, 0.2) is 5.56 Å². The molecule has 0 amide bonds. The number of nitrogens with zero attached hydrogens (tertiary/aromatic N) is 3. The summed E-state index contributed by atoms with van der Waals surface area (Å²) in [7, 11) is 0. The molecule has 24 heavy (non-hydrogen) atoms. The largest absolute Gasteiger partial charge is 0.471 e. The van der Waals surface area contributed by atoms with Gasteiger partial charge >= 0.3 is 0 Å². The van der Waals surface area contributed by atoms with Crippen molar-refractivity contribution in [3.05, 3.63) is 53.6 Å². The summed E-state index contributed by atoms with van der Waals surface area (Å²) in [4.78, 5) is 0. The molecule has 0 unspecified atom stereocenters. The number of anilines is 1. The molecule has 1 atom stereocenters. The number of hydrogen-bond acceptors (Lipinski definition) is 4. The zero-order chi connectivity index (χ0) is 17.1. The van der Waals surface area contributed by atoms with Gasteiger partial charge in [0.2, 0.25) is 0 Å². The van der Waals surface area contributed by atoms with Crippen molar-refractivity contribution in [3.8, 4) is 11.9 Å². The van der Waals surface area contributed by atoms with Crippen molar-refractivity contribution in [1.82, 2.24) is 9.78 Å². The summed E-state index contributed by atoms with van der Waals surface area (Å²) in [5.41, 5.74) is 7.40. The number of benzene rings is 2. The SMILES string of the molecule is CC[C@H](C)n1nc(OCc2cccc3ccccc23)c(C#N)c1N. The Kier molecular flexibility index (Phi) is 4.39. The van der Waals surface area contributed by atoms with E-state index < -0.39 is 0 Å². The number of fused-ring (bicyclic) bond motifs is 1. The first-order valence-corrected chi connectivity index (χ1v) is 8.03. The third-order valence-corrected chi connectivity index (χ3v) is 4.28. The Bertz CT molecular complexity index is 902. The topological polar surface area (TPSA) is 76.9 Å². The number of nitrogen functional groups attached to an aromatic ring is 1. The Morgan fingerprint density at radius 1 is 1.25 bits per heavy atom. The van der Waals surface area contributed by atoms with Crippen LogP contribution in [0, 0.1) is 11.3 Å². The van der Waals surface area contributed by atoms with Gasteiger partial charge in [-0.2, -0.15) is 5.26 Å². The molecule has 0 fully saturated rings. The van der Waals surface area contributed by atoms with E-state index in [1.165, 1.54) is 0 Å². The molecule has 0 saturated carbocycles. The quantitative estimate of drug-likeness (QED) is 0.769. The van der Waals surface area contributed by atoms with Gasteiger partial charge < -0.3 is 10.5 Å². The summed E-state index contributed by atoms with van der Waals surface area (Å²) >= 11 is 0. The molecule has 0 saturated heterocycles. The molecular formula is C19H20N4O. The lowest BCUT2D eigenvalue weighted by molar-refractivity contribution is 0.287. The van der Waals surface area contributed by atoms with Gasteiger partial charge in [0, 0.05) is 0 Å². The molecule has 3 aromatic rings. The van der Waals surface area contributed by atoms with Gasteiger partial charge in [0.05, 0.1) is 6.04 Å². The van der Waals surface area contributed by atoms with Crippen molar-refractivity contribution >= 4 is 16.6 Å². The Labute approximate surface area is 141 Å². The van der Waals surface area contributed by atoms with Gasteiger partial charge in [0.1, 0.15) is 18.5 Å². The van der Waals surface area contributed by atoms with Crippen LogP contribution in [0.1, 0.15) is 37.4 Å². The highest BCUT2D eigenvalue weighted by molar-refractivity contribution is 5.85. The van der Waals surface area contributed by atoms with E-state index in [1.807, 2.05) is 31.2 Å². The number of rotatable bonds is 5. The van der Waals surface area contributed by atoms with E-state index in [2.05, 4.69) is 36.3 Å². The van der Waals surface area contributed by atoms with Crippen LogP contribution in [-0.2, 0) is 6.61 Å². The average molecular weight is 320 g/mol. The normalized spacial score (nSPS) is 12.0. The molecular weight excluding hydrogens is 300 g/mol. The zero-order valence-corrected chi connectivity index (χ0v) is 13.9. The average Bonchev–Trinajstić information content (AvgIpc) is 2.94. The van der Waals surface area contributed by atoms with E-state index in [1.54, 1.807) is 4.68 Å². The molecule has 0 aliphatic heterocycles. The summed E-state index contributed by atoms with van der Waals surface area (Å²) in [6, 6.07) is 16.4. The molecule has 2 aromatic carbocycles. The van der Waals surface area contributed by atoms with E-state index in [-0.39, 0.29) is 6.04 Å². The van der Waals surface area contributed by atoms with Gasteiger partial charge in [-0.1, -0.05) is 49.4 Å². The Balaban J connectivity index is 1.90. The summed E-state index contributed by atoms with van der Waals surface area (Å²) in [6.07, 6.45) is 0.875. The maximum Gasteiger partial charge on any atom is 0.253 e. The van der Waals surface area contributed by atoms with E-state index in [9.17, 15) is 5.26 Å². The second kappa shape index (κ2) is 6.63. The molecule has 0 spiro atoms. The molecule has 1 heterocycles. The molecule has 0 bridgehead atoms. The van der Waals surface area contributed by atoms with E-state index in [0.717, 1.165) is 22.8 Å². The fraction of sp³-hybridized carbons (Fsp3) is 0.263. The monoisotopic (exact) mass is 320 g/mol. The molecule has 0 radical (unpaired) electrons. The highest BCUT2D eigenvalue weighted by Crippen LogP contribution is 2.28. The van der Waals surface area contributed by atoms with Crippen LogP contribution in [0.5, 0.6) is 5.88 Å². The first-order chi connectivity index (χ1) is 11.7. The van der Waals surface area contributed by atoms with Crippen molar-refractivity contribution < 1.29 is 4.74 Å². The second-order valence-corrected chi connectivity index (χ2v) is 5.81. The van der Waals surface area contributed by atoms with Crippen LogP contribution in [0.3, 0.4) is 0 Å². The van der Waals surface area contributed by atoms with Crippen molar-refractivity contribution in [2.75, 3.05) is 5.73 Å². The van der Waals surface area contributed by atoms with Crippen LogP contribution >= 0.6 is 0 Å². The highest BCUT2D eigenvalue weighted by Gasteiger charge is 2.19. The number of nitriles is 1. The zero-order valence-electron chi connectivity index (χ0n) is 13.9. The van der Waals surface area contributed by atoms with Crippen LogP contribution in [0.2, 0.25) is 0 Å². The lowest BCUT2D eigenvalue weighted by Gasteiger charge is -2.10. The fourth-order valence-corrected chi connectivity index (χ4v) is 2.71. The third-order valence-electron chi connectivity index (χ3n) is 4.28. The van der Waals surface area contributed by atoms with Gasteiger partial charge in [-0.3, -0.25) is 0 Å². The predicted octanol–water partition coefficient (Wildman–Crippen LogP) is 4.04. The fourth-order valence-electron chi connectivity index (χ4n) is 2.71. The smallest absolute Gasteiger partial charge is 0.253 e. The lowest BCUT2D eigenvalue weighted by atomic mass is 10.1. The van der Waals surface area contributed by atoms with E-state index in [0.29, 0.717) is 23.9 Å². The molecule has 5 nitrogen and oxygen atoms in total. The lowest BCUT2D eigenvalue weighted by Crippen LogP contribution is -2.09. The Morgan fingerprint density at radius 2 is 2.00 bits per heavy atom. The van der Waals surface area contributed by atoms with Crippen LogP contribution in [0.4, 0.5) is 5.82 Å². The highest BCUT2D eigenvalue weighted by atomic mass is 16.5. The number of ether oxygens (including phenoxy) is 1. The maximum absolute atomic E-state index is 9.37. The summed E-state index contributed by atoms with van der Waals surface area (Å²) < 4.78 is 7.51. The van der Waals surface area contributed by atoms with Crippen molar-refractivity contribution in [3.63, 3.8) is 0 Å². The predicted molar refractivity (Wildman–Crippen MR) is 94.6 cm³/mol. The molecule has 2 N–H and O–H groups in total. The molecule has 0 aliphatic rings. The first kappa shape index (κ1) is 15.9. The Morgan fingerprint density at radius 3 is 2.75 bits per heavy atom. The minimum atomic E-state index is 0.118.